The SMILES string of the molecule is CC/C=C\C/C=C\C/C=C\C/C=C\C/C=C\CCCC(=O)OC(COC(=O)C/C=C\C/C=C\C/C=C\C/C=C\C/C=C\CC)COC(=O)CCCCCCCCCCCCCCCCCCCC. The van der Waals surface area contributed by atoms with Crippen molar-refractivity contribution in [2.45, 2.75) is 239 Å². The normalized spacial score (nSPS) is 13.0. The number of esters is 3. The Kier molecular flexibility index (Phi) is 52.0. The molecule has 0 saturated carbocycles. The molecule has 384 valence electrons. The highest BCUT2D eigenvalue weighted by Crippen LogP contribution is 2.15. The Morgan fingerprint density at radius 3 is 1.01 bits per heavy atom. The topological polar surface area (TPSA) is 78.9 Å². The van der Waals surface area contributed by atoms with Crippen LogP contribution in [0, 0.1) is 0 Å². The second-order valence-corrected chi connectivity index (χ2v) is 17.8. The first-order chi connectivity index (χ1) is 33.5. The maximum atomic E-state index is 12.8. The van der Waals surface area contributed by atoms with Crippen LogP contribution >= 0.6 is 0 Å². The highest BCUT2D eigenvalue weighted by atomic mass is 16.6. The molecule has 0 aromatic rings. The first-order valence-electron chi connectivity index (χ1n) is 27.5. The number of rotatable bonds is 48. The highest BCUT2D eigenvalue weighted by Gasteiger charge is 2.19. The summed E-state index contributed by atoms with van der Waals surface area (Å²) < 4.78 is 16.7. The van der Waals surface area contributed by atoms with E-state index >= 15 is 0 Å². The fourth-order valence-corrected chi connectivity index (χ4v) is 7.20. The molecule has 6 nitrogen and oxygen atoms in total. The minimum absolute atomic E-state index is 0.112. The maximum absolute atomic E-state index is 12.8. The fourth-order valence-electron chi connectivity index (χ4n) is 7.20. The molecule has 1 unspecified atom stereocenters. The Bertz CT molecular complexity index is 1450. The Balaban J connectivity index is 4.57. The van der Waals surface area contributed by atoms with E-state index in [2.05, 4.69) is 130 Å². The summed E-state index contributed by atoms with van der Waals surface area (Å²) in [6, 6.07) is 0. The van der Waals surface area contributed by atoms with Gasteiger partial charge >= 0.3 is 17.9 Å². The first kappa shape index (κ1) is 63.8. The zero-order valence-corrected chi connectivity index (χ0v) is 43.8. The molecule has 0 amide bonds. The summed E-state index contributed by atoms with van der Waals surface area (Å²) in [6.45, 7) is 6.28. The molecule has 68 heavy (non-hydrogen) atoms. The number of ether oxygens (including phenoxy) is 3. The lowest BCUT2D eigenvalue weighted by atomic mass is 10.0. The number of carbonyl (C=O) groups is 3. The van der Waals surface area contributed by atoms with Crippen molar-refractivity contribution in [1.29, 1.82) is 0 Å². The molecular formula is C62H100O6. The first-order valence-corrected chi connectivity index (χ1v) is 27.5. The van der Waals surface area contributed by atoms with Crippen LogP contribution < -0.4 is 0 Å². The molecule has 0 aromatic heterocycles. The second kappa shape index (κ2) is 55.4. The van der Waals surface area contributed by atoms with E-state index in [9.17, 15) is 14.4 Å². The number of carbonyl (C=O) groups excluding carboxylic acids is 3. The van der Waals surface area contributed by atoms with E-state index in [1.807, 2.05) is 6.08 Å². The standard InChI is InChI=1S/C62H100O6/c1-4-7-10-13-16-19-22-25-28-30-32-34-37-40-43-46-49-52-55-61(64)67-58-59(57-66-60(63)54-51-48-45-42-39-36-33-27-24-21-18-15-12-9-6-3)68-62(65)56-53-50-47-44-41-38-35-31-29-26-23-20-17-14-11-8-5-2/h8-9,11-12,17-18,20-21,26-27,29,33,35,38-39,42,44,47-48,51,59H,4-7,10,13-16,19,22-25,28,30-32,34,36-37,40-41,43,45-46,49-50,52-58H2,1-3H3/b11-8-,12-9-,20-17-,21-18-,29-26-,33-27-,38-35-,42-39-,47-44-,51-48-. The monoisotopic (exact) mass is 941 g/mol. The Morgan fingerprint density at radius 1 is 0.324 bits per heavy atom. The van der Waals surface area contributed by atoms with Crippen LogP contribution in [0.5, 0.6) is 0 Å². The molecule has 0 aliphatic carbocycles. The molecule has 0 fully saturated rings. The quantitative estimate of drug-likeness (QED) is 0.0262. The average molecular weight is 941 g/mol. The van der Waals surface area contributed by atoms with Gasteiger partial charge in [0.2, 0.25) is 0 Å². The molecule has 0 heterocycles. The summed E-state index contributed by atoms with van der Waals surface area (Å²) >= 11 is 0. The maximum Gasteiger partial charge on any atom is 0.309 e. The van der Waals surface area contributed by atoms with E-state index in [4.69, 9.17) is 14.2 Å². The van der Waals surface area contributed by atoms with E-state index in [-0.39, 0.29) is 32.0 Å². The molecule has 0 rings (SSSR count). The van der Waals surface area contributed by atoms with Crippen molar-refractivity contribution in [3.05, 3.63) is 122 Å². The Labute approximate surface area is 418 Å². The van der Waals surface area contributed by atoms with Crippen molar-refractivity contribution in [2.75, 3.05) is 13.2 Å². The minimum atomic E-state index is -0.849. The summed E-state index contributed by atoms with van der Waals surface area (Å²) in [4.78, 5) is 38.0. The third-order valence-electron chi connectivity index (χ3n) is 11.2. The average Bonchev–Trinajstić information content (AvgIpc) is 3.34. The summed E-state index contributed by atoms with van der Waals surface area (Å²) in [5, 5.41) is 0. The van der Waals surface area contributed by atoms with Crippen molar-refractivity contribution in [2.24, 2.45) is 0 Å². The van der Waals surface area contributed by atoms with E-state index in [1.165, 1.54) is 96.3 Å². The third kappa shape index (κ3) is 52.8. The van der Waals surface area contributed by atoms with Crippen LogP contribution in [0.3, 0.4) is 0 Å². The zero-order valence-electron chi connectivity index (χ0n) is 43.8. The van der Waals surface area contributed by atoms with E-state index in [0.717, 1.165) is 89.9 Å². The van der Waals surface area contributed by atoms with Gasteiger partial charge in [-0.25, -0.2) is 0 Å². The van der Waals surface area contributed by atoms with Crippen LogP contribution in [0.25, 0.3) is 0 Å². The fraction of sp³-hybridized carbons (Fsp3) is 0.629. The van der Waals surface area contributed by atoms with Crippen LogP contribution in [0.2, 0.25) is 0 Å². The molecule has 0 radical (unpaired) electrons. The molecule has 6 heteroatoms. The van der Waals surface area contributed by atoms with Crippen molar-refractivity contribution in [1.82, 2.24) is 0 Å². The molecule has 0 saturated heterocycles. The van der Waals surface area contributed by atoms with Crippen molar-refractivity contribution < 1.29 is 28.6 Å². The van der Waals surface area contributed by atoms with Gasteiger partial charge in [-0.3, -0.25) is 14.4 Å². The van der Waals surface area contributed by atoms with Crippen molar-refractivity contribution in [3.8, 4) is 0 Å². The summed E-state index contributed by atoms with van der Waals surface area (Å²) in [7, 11) is 0. The van der Waals surface area contributed by atoms with Gasteiger partial charge in [0.1, 0.15) is 13.2 Å². The second-order valence-electron chi connectivity index (χ2n) is 17.8. The van der Waals surface area contributed by atoms with E-state index in [0.29, 0.717) is 12.8 Å². The van der Waals surface area contributed by atoms with Gasteiger partial charge in [-0.1, -0.05) is 251 Å². The molecule has 0 aromatic carbocycles. The van der Waals surface area contributed by atoms with Crippen LogP contribution in [-0.2, 0) is 28.6 Å². The van der Waals surface area contributed by atoms with E-state index in [1.54, 1.807) is 6.08 Å². The van der Waals surface area contributed by atoms with Crippen LogP contribution in [-0.4, -0.2) is 37.2 Å². The summed E-state index contributed by atoms with van der Waals surface area (Å²) in [5.41, 5.74) is 0. The summed E-state index contributed by atoms with van der Waals surface area (Å²) in [6.07, 6.45) is 76.5. The zero-order chi connectivity index (χ0) is 49.3. The number of hydrogen-bond donors (Lipinski definition) is 0. The smallest absolute Gasteiger partial charge is 0.309 e. The predicted octanol–water partition coefficient (Wildman–Crippen LogP) is 18.5. The molecule has 0 aliphatic heterocycles. The number of unbranched alkanes of at least 4 members (excludes halogenated alkanes) is 18. The summed E-state index contributed by atoms with van der Waals surface area (Å²) in [5.74, 6) is -1.13. The molecule has 0 spiro atoms. The third-order valence-corrected chi connectivity index (χ3v) is 11.2. The van der Waals surface area contributed by atoms with Crippen molar-refractivity contribution >= 4 is 17.9 Å². The lowest BCUT2D eigenvalue weighted by Crippen LogP contribution is -2.30. The van der Waals surface area contributed by atoms with Crippen LogP contribution in [0.15, 0.2) is 122 Å². The van der Waals surface area contributed by atoms with Gasteiger partial charge in [-0.05, 0) is 83.5 Å². The lowest BCUT2D eigenvalue weighted by molar-refractivity contribution is -0.166. The highest BCUT2D eigenvalue weighted by molar-refractivity contribution is 5.72. The molecule has 1 atom stereocenters. The minimum Gasteiger partial charge on any atom is -0.462 e. The molecular weight excluding hydrogens is 841 g/mol. The molecule has 0 N–H and O–H groups in total. The Hall–Kier alpha value is -4.19. The Morgan fingerprint density at radius 2 is 0.632 bits per heavy atom. The number of allylic oxidation sites excluding steroid dienone is 19. The molecule has 0 bridgehead atoms. The number of hydrogen-bond acceptors (Lipinski definition) is 6. The van der Waals surface area contributed by atoms with Gasteiger partial charge in [0.15, 0.2) is 6.10 Å². The van der Waals surface area contributed by atoms with Crippen LogP contribution in [0.1, 0.15) is 233 Å². The van der Waals surface area contributed by atoms with Crippen LogP contribution in [0.4, 0.5) is 0 Å². The van der Waals surface area contributed by atoms with Gasteiger partial charge in [-0.2, -0.15) is 0 Å². The van der Waals surface area contributed by atoms with Gasteiger partial charge in [0.25, 0.3) is 0 Å². The van der Waals surface area contributed by atoms with Gasteiger partial charge in [-0.15, -0.1) is 0 Å². The molecule has 0 aliphatic rings. The van der Waals surface area contributed by atoms with Crippen molar-refractivity contribution in [3.63, 3.8) is 0 Å². The largest absolute Gasteiger partial charge is 0.462 e. The van der Waals surface area contributed by atoms with Gasteiger partial charge in [0.05, 0.1) is 6.42 Å². The lowest BCUT2D eigenvalue weighted by Gasteiger charge is -2.18. The van der Waals surface area contributed by atoms with Gasteiger partial charge in [0, 0.05) is 12.8 Å². The van der Waals surface area contributed by atoms with Gasteiger partial charge < -0.3 is 14.2 Å². The predicted molar refractivity (Wildman–Crippen MR) is 293 cm³/mol. The van der Waals surface area contributed by atoms with E-state index < -0.39 is 18.0 Å².